The van der Waals surface area contributed by atoms with Gasteiger partial charge in [-0.05, 0) is 38.2 Å². The molecule has 2 fully saturated rings. The molecule has 1 aromatic carbocycles. The van der Waals surface area contributed by atoms with Gasteiger partial charge in [-0.2, -0.15) is 15.0 Å². The van der Waals surface area contributed by atoms with E-state index in [4.69, 9.17) is 4.98 Å². The van der Waals surface area contributed by atoms with Gasteiger partial charge in [0.15, 0.2) is 0 Å². The average Bonchev–Trinajstić information content (AvgIpc) is 3.07. The van der Waals surface area contributed by atoms with Crippen LogP contribution in [0.15, 0.2) is 24.3 Å². The van der Waals surface area contributed by atoms with Crippen molar-refractivity contribution in [3.63, 3.8) is 0 Å². The maximum atomic E-state index is 9.99. The normalized spacial score (nSPS) is 20.6. The van der Waals surface area contributed by atoms with Gasteiger partial charge in [-0.3, -0.25) is 14.7 Å². The molecule has 2 aromatic rings. The van der Waals surface area contributed by atoms with Crippen LogP contribution in [0.1, 0.15) is 5.56 Å². The van der Waals surface area contributed by atoms with E-state index in [0.717, 1.165) is 84.1 Å². The molecular formula is C32H57N11O4. The van der Waals surface area contributed by atoms with Crippen molar-refractivity contribution in [2.75, 3.05) is 154 Å². The molecule has 47 heavy (non-hydrogen) atoms. The van der Waals surface area contributed by atoms with Crippen LogP contribution in [0.5, 0.6) is 0 Å². The van der Waals surface area contributed by atoms with Gasteiger partial charge in [-0.1, -0.05) is 12.1 Å². The lowest BCUT2D eigenvalue weighted by atomic mass is 10.0. The van der Waals surface area contributed by atoms with Crippen molar-refractivity contribution >= 4 is 23.5 Å². The van der Waals surface area contributed by atoms with Crippen LogP contribution in [0, 0.1) is 0 Å². The summed E-state index contributed by atoms with van der Waals surface area (Å²) >= 11 is 0. The van der Waals surface area contributed by atoms with Gasteiger partial charge in [-0.15, -0.1) is 0 Å². The number of hydrogen-bond acceptors (Lipinski definition) is 15. The van der Waals surface area contributed by atoms with E-state index in [1.165, 1.54) is 5.56 Å². The molecule has 15 nitrogen and oxygen atoms in total. The average molecular weight is 660 g/mol. The zero-order valence-corrected chi connectivity index (χ0v) is 28.3. The lowest BCUT2D eigenvalue weighted by molar-refractivity contribution is 0.0822. The zero-order valence-electron chi connectivity index (χ0n) is 28.3. The molecule has 1 aromatic heterocycles. The first-order valence-electron chi connectivity index (χ1n) is 17.0. The molecule has 1 unspecified atom stereocenters. The lowest BCUT2D eigenvalue weighted by Gasteiger charge is -2.37. The van der Waals surface area contributed by atoms with Crippen LogP contribution in [0.3, 0.4) is 0 Å². The van der Waals surface area contributed by atoms with Crippen LogP contribution >= 0.6 is 0 Å². The molecule has 0 radical (unpaired) electrons. The van der Waals surface area contributed by atoms with Crippen molar-refractivity contribution in [1.29, 1.82) is 0 Å². The third-order valence-electron chi connectivity index (χ3n) is 8.98. The smallest absolute Gasteiger partial charge is 0.233 e. The Morgan fingerprint density at radius 1 is 0.660 bits per heavy atom. The summed E-state index contributed by atoms with van der Waals surface area (Å²) in [6, 6.07) is 8.53. The molecule has 4 rings (SSSR count). The SMILES string of the molecule is CN1CCN(c2nc(NCCO)nc(Nc3ccc(CC4CN(C)CCN(CCO)CCN(CCO)CCN4CCO)cc3)n2)CC1. The Morgan fingerprint density at radius 2 is 1.26 bits per heavy atom. The van der Waals surface area contributed by atoms with Gasteiger partial charge in [0.1, 0.15) is 0 Å². The maximum Gasteiger partial charge on any atom is 0.233 e. The van der Waals surface area contributed by atoms with Gasteiger partial charge >= 0.3 is 0 Å². The van der Waals surface area contributed by atoms with Gasteiger partial charge in [-0.25, -0.2) is 0 Å². The van der Waals surface area contributed by atoms with E-state index in [1.807, 2.05) is 12.1 Å². The van der Waals surface area contributed by atoms with E-state index in [1.54, 1.807) is 0 Å². The quantitative estimate of drug-likeness (QED) is 0.139. The number of aliphatic hydroxyl groups is 4. The van der Waals surface area contributed by atoms with E-state index >= 15 is 0 Å². The predicted octanol–water partition coefficient (Wildman–Crippen LogP) is -1.49. The van der Waals surface area contributed by atoms with Gasteiger partial charge in [0.05, 0.1) is 26.4 Å². The highest BCUT2D eigenvalue weighted by Gasteiger charge is 2.23. The molecule has 264 valence electrons. The summed E-state index contributed by atoms with van der Waals surface area (Å²) in [6.45, 7) is 11.9. The number of nitrogens with zero attached hydrogens (tertiary/aromatic N) is 9. The molecule has 3 heterocycles. The number of aliphatic hydroxyl groups excluding tert-OH is 4. The second-order valence-electron chi connectivity index (χ2n) is 12.6. The highest BCUT2D eigenvalue weighted by molar-refractivity contribution is 5.56. The van der Waals surface area contributed by atoms with E-state index in [-0.39, 0.29) is 32.5 Å². The number of aromatic nitrogens is 3. The molecule has 0 spiro atoms. The molecular weight excluding hydrogens is 602 g/mol. The van der Waals surface area contributed by atoms with Crippen molar-refractivity contribution in [3.8, 4) is 0 Å². The van der Waals surface area contributed by atoms with E-state index < -0.39 is 0 Å². The first-order valence-corrected chi connectivity index (χ1v) is 17.0. The number of benzene rings is 1. The van der Waals surface area contributed by atoms with Crippen molar-refractivity contribution < 1.29 is 20.4 Å². The van der Waals surface area contributed by atoms with Crippen LogP contribution in [-0.2, 0) is 6.42 Å². The summed E-state index contributed by atoms with van der Waals surface area (Å²) < 4.78 is 0. The lowest BCUT2D eigenvalue weighted by Crippen LogP contribution is -2.51. The van der Waals surface area contributed by atoms with Crippen LogP contribution in [0.4, 0.5) is 23.5 Å². The Balaban J connectivity index is 1.47. The molecule has 15 heteroatoms. The van der Waals surface area contributed by atoms with Gasteiger partial charge in [0.2, 0.25) is 17.8 Å². The van der Waals surface area contributed by atoms with Crippen molar-refractivity contribution in [2.24, 2.45) is 0 Å². The standard InChI is InChI=1S/C32H57N11O4/c1-38-9-15-43(16-10-38)32-36-30(33-7-21-44)35-31(37-32)34-28-5-3-27(4-6-28)25-29-26-39(2)8-11-40(18-22-45)12-13-41(19-23-46)14-17-42(29)20-24-47/h3-6,29,44-47H,7-26H2,1-2H3,(H2,33,34,35,36,37). The Bertz CT molecular complexity index is 1160. The summed E-state index contributed by atoms with van der Waals surface area (Å²) in [4.78, 5) is 27.6. The van der Waals surface area contributed by atoms with Gasteiger partial charge in [0.25, 0.3) is 0 Å². The van der Waals surface area contributed by atoms with Gasteiger partial charge < -0.3 is 45.8 Å². The van der Waals surface area contributed by atoms with Crippen LogP contribution in [0.25, 0.3) is 0 Å². The molecule has 2 saturated heterocycles. The van der Waals surface area contributed by atoms with E-state index in [9.17, 15) is 20.4 Å². The molecule has 0 amide bonds. The highest BCUT2D eigenvalue weighted by atomic mass is 16.3. The predicted molar refractivity (Wildman–Crippen MR) is 186 cm³/mol. The second kappa shape index (κ2) is 19.9. The molecule has 2 aliphatic heterocycles. The van der Waals surface area contributed by atoms with Crippen LogP contribution in [-0.4, -0.2) is 205 Å². The summed E-state index contributed by atoms with van der Waals surface area (Å²) in [6.07, 6.45) is 0.819. The number of nitrogens with one attached hydrogen (secondary N) is 2. The first kappa shape index (κ1) is 37.1. The third kappa shape index (κ3) is 12.3. The van der Waals surface area contributed by atoms with Crippen LogP contribution in [0.2, 0.25) is 0 Å². The Hall–Kier alpha value is -2.73. The summed E-state index contributed by atoms with van der Waals surface area (Å²) in [5.74, 6) is 1.48. The number of likely N-dealkylation sites (N-methyl/N-ethyl adjacent to an activating group) is 2. The molecule has 0 saturated carbocycles. The molecule has 2 aliphatic rings. The summed E-state index contributed by atoms with van der Waals surface area (Å²) in [5, 5.41) is 45.0. The van der Waals surface area contributed by atoms with E-state index in [2.05, 4.69) is 76.2 Å². The number of hydrogen-bond donors (Lipinski definition) is 6. The Kier molecular flexibility index (Phi) is 15.7. The fourth-order valence-electron chi connectivity index (χ4n) is 6.12. The largest absolute Gasteiger partial charge is 0.395 e. The maximum absolute atomic E-state index is 9.99. The highest BCUT2D eigenvalue weighted by Crippen LogP contribution is 2.21. The second-order valence-corrected chi connectivity index (χ2v) is 12.6. The number of anilines is 4. The third-order valence-corrected chi connectivity index (χ3v) is 8.98. The molecule has 0 aliphatic carbocycles. The van der Waals surface area contributed by atoms with Gasteiger partial charge in [0, 0.05) is 110 Å². The minimum atomic E-state index is -0.0185. The zero-order chi connectivity index (χ0) is 33.4. The minimum absolute atomic E-state index is 0.0185. The number of piperazine rings is 1. The van der Waals surface area contributed by atoms with Crippen LogP contribution < -0.4 is 15.5 Å². The molecule has 0 bridgehead atoms. The molecule has 6 N–H and O–H groups in total. The number of rotatable bonds is 14. The Morgan fingerprint density at radius 3 is 1.89 bits per heavy atom. The van der Waals surface area contributed by atoms with Crippen molar-refractivity contribution in [1.82, 2.24) is 39.5 Å². The monoisotopic (exact) mass is 659 g/mol. The first-order chi connectivity index (χ1) is 22.9. The fourth-order valence-corrected chi connectivity index (χ4v) is 6.12. The topological polar surface area (TPSA) is 163 Å². The fraction of sp³-hybridized carbons (Fsp3) is 0.719. The molecule has 1 atom stereocenters. The van der Waals surface area contributed by atoms with Crippen molar-refractivity contribution in [3.05, 3.63) is 29.8 Å². The summed E-state index contributed by atoms with van der Waals surface area (Å²) in [7, 11) is 4.26. The van der Waals surface area contributed by atoms with E-state index in [0.29, 0.717) is 44.0 Å². The number of β-amino-alcohol motifs (C(OH)–C–C–N with tert-alkyl or cyclic N) is 3. The Labute approximate surface area is 279 Å². The van der Waals surface area contributed by atoms with Crippen molar-refractivity contribution in [2.45, 2.75) is 12.5 Å². The minimum Gasteiger partial charge on any atom is -0.395 e. The summed E-state index contributed by atoms with van der Waals surface area (Å²) in [5.41, 5.74) is 2.06.